The molecular formula is C16H28N2O2. The van der Waals surface area contributed by atoms with Crippen molar-refractivity contribution >= 4 is 5.91 Å². The Balaban J connectivity index is 1.76. The SMILES string of the molecule is C=CCN(CCO)CC(=O)NC(C)C1CC2CCC1C2. The van der Waals surface area contributed by atoms with Crippen molar-refractivity contribution < 1.29 is 9.90 Å². The van der Waals surface area contributed by atoms with Crippen LogP contribution < -0.4 is 5.32 Å². The summed E-state index contributed by atoms with van der Waals surface area (Å²) >= 11 is 0. The summed E-state index contributed by atoms with van der Waals surface area (Å²) in [5, 5.41) is 12.2. The van der Waals surface area contributed by atoms with E-state index in [2.05, 4.69) is 18.8 Å². The van der Waals surface area contributed by atoms with Gasteiger partial charge in [-0.05, 0) is 43.9 Å². The molecule has 2 rings (SSSR count). The third-order valence-electron chi connectivity index (χ3n) is 4.99. The number of carbonyl (C=O) groups is 1. The van der Waals surface area contributed by atoms with Gasteiger partial charge in [0.2, 0.25) is 5.91 Å². The second-order valence-corrected chi connectivity index (χ2v) is 6.44. The smallest absolute Gasteiger partial charge is 0.234 e. The lowest BCUT2D eigenvalue weighted by Crippen LogP contribution is -2.45. The topological polar surface area (TPSA) is 52.6 Å². The third-order valence-corrected chi connectivity index (χ3v) is 4.99. The summed E-state index contributed by atoms with van der Waals surface area (Å²) in [6, 6.07) is 0.275. The number of aliphatic hydroxyl groups is 1. The highest BCUT2D eigenvalue weighted by molar-refractivity contribution is 5.78. The van der Waals surface area contributed by atoms with E-state index in [1.807, 2.05) is 4.90 Å². The number of carbonyl (C=O) groups excluding carboxylic acids is 1. The summed E-state index contributed by atoms with van der Waals surface area (Å²) in [7, 11) is 0. The van der Waals surface area contributed by atoms with Crippen LogP contribution in [-0.2, 0) is 4.79 Å². The molecule has 0 heterocycles. The number of hydrogen-bond donors (Lipinski definition) is 2. The minimum absolute atomic E-state index is 0.0653. The van der Waals surface area contributed by atoms with E-state index in [0.29, 0.717) is 25.6 Å². The lowest BCUT2D eigenvalue weighted by atomic mass is 9.84. The summed E-state index contributed by atoms with van der Waals surface area (Å²) in [5.41, 5.74) is 0. The van der Waals surface area contributed by atoms with E-state index >= 15 is 0 Å². The lowest BCUT2D eigenvalue weighted by Gasteiger charge is -2.29. The zero-order valence-electron chi connectivity index (χ0n) is 12.6. The average Bonchev–Trinajstić information content (AvgIpc) is 3.01. The summed E-state index contributed by atoms with van der Waals surface area (Å²) in [4.78, 5) is 14.0. The molecule has 4 nitrogen and oxygen atoms in total. The van der Waals surface area contributed by atoms with Crippen molar-refractivity contribution in [2.24, 2.45) is 17.8 Å². The molecule has 1 amide bonds. The van der Waals surface area contributed by atoms with Gasteiger partial charge in [0.15, 0.2) is 0 Å². The van der Waals surface area contributed by atoms with Gasteiger partial charge in [0.25, 0.3) is 0 Å². The number of hydrogen-bond acceptors (Lipinski definition) is 3. The van der Waals surface area contributed by atoms with E-state index in [9.17, 15) is 4.79 Å². The molecule has 0 saturated heterocycles. The first-order chi connectivity index (χ1) is 9.63. The fraction of sp³-hybridized carbons (Fsp3) is 0.812. The van der Waals surface area contributed by atoms with Gasteiger partial charge in [0.05, 0.1) is 13.2 Å². The maximum absolute atomic E-state index is 12.1. The molecule has 0 spiro atoms. The molecule has 0 aromatic heterocycles. The molecule has 4 atom stereocenters. The molecule has 2 aliphatic carbocycles. The van der Waals surface area contributed by atoms with Crippen LogP contribution in [0.5, 0.6) is 0 Å². The normalized spacial score (nSPS) is 29.6. The van der Waals surface area contributed by atoms with E-state index in [-0.39, 0.29) is 18.6 Å². The fourth-order valence-electron chi connectivity index (χ4n) is 4.07. The zero-order chi connectivity index (χ0) is 14.5. The first-order valence-corrected chi connectivity index (χ1v) is 7.87. The van der Waals surface area contributed by atoms with Gasteiger partial charge in [-0.15, -0.1) is 6.58 Å². The van der Waals surface area contributed by atoms with Gasteiger partial charge in [-0.25, -0.2) is 0 Å². The van der Waals surface area contributed by atoms with Crippen LogP contribution in [0.4, 0.5) is 0 Å². The van der Waals surface area contributed by atoms with E-state index in [4.69, 9.17) is 5.11 Å². The van der Waals surface area contributed by atoms with E-state index in [0.717, 1.165) is 11.8 Å². The van der Waals surface area contributed by atoms with Crippen LogP contribution in [0.25, 0.3) is 0 Å². The summed E-state index contributed by atoms with van der Waals surface area (Å²) in [5.74, 6) is 2.48. The molecule has 2 saturated carbocycles. The Bertz CT molecular complexity index is 345. The first-order valence-electron chi connectivity index (χ1n) is 7.87. The third kappa shape index (κ3) is 3.83. The highest BCUT2D eigenvalue weighted by Gasteiger charge is 2.42. The van der Waals surface area contributed by atoms with Gasteiger partial charge >= 0.3 is 0 Å². The number of nitrogens with one attached hydrogen (secondary N) is 1. The van der Waals surface area contributed by atoms with Crippen LogP contribution in [0.1, 0.15) is 32.6 Å². The number of nitrogens with zero attached hydrogens (tertiary/aromatic N) is 1. The number of amides is 1. The van der Waals surface area contributed by atoms with E-state index in [1.165, 1.54) is 25.7 Å². The Kier molecular flexibility index (Phi) is 5.61. The zero-order valence-corrected chi connectivity index (χ0v) is 12.6. The molecule has 0 radical (unpaired) electrons. The molecule has 2 N–H and O–H groups in total. The Morgan fingerprint density at radius 2 is 2.30 bits per heavy atom. The Morgan fingerprint density at radius 1 is 1.50 bits per heavy atom. The summed E-state index contributed by atoms with van der Waals surface area (Å²) in [6.45, 7) is 7.40. The number of rotatable bonds is 8. The monoisotopic (exact) mass is 280 g/mol. The molecule has 2 aliphatic rings. The average molecular weight is 280 g/mol. The van der Waals surface area contributed by atoms with Crippen LogP contribution in [0.2, 0.25) is 0 Å². The molecule has 4 heteroatoms. The van der Waals surface area contributed by atoms with Crippen molar-refractivity contribution in [3.63, 3.8) is 0 Å². The minimum Gasteiger partial charge on any atom is -0.395 e. The quantitative estimate of drug-likeness (QED) is 0.661. The maximum Gasteiger partial charge on any atom is 0.234 e. The van der Waals surface area contributed by atoms with Gasteiger partial charge < -0.3 is 10.4 Å². The standard InChI is InChI=1S/C16H28N2O2/c1-3-6-18(7-8-19)11-16(20)17-12(2)15-10-13-4-5-14(15)9-13/h3,12-15,19H,1,4-11H2,2H3,(H,17,20). The van der Waals surface area contributed by atoms with Crippen molar-refractivity contribution in [1.29, 1.82) is 0 Å². The van der Waals surface area contributed by atoms with Crippen LogP contribution >= 0.6 is 0 Å². The molecule has 2 bridgehead atoms. The minimum atomic E-state index is 0.0653. The van der Waals surface area contributed by atoms with Crippen LogP contribution in [0, 0.1) is 17.8 Å². The van der Waals surface area contributed by atoms with Gasteiger partial charge in [0.1, 0.15) is 0 Å². The van der Waals surface area contributed by atoms with Gasteiger partial charge in [0, 0.05) is 19.1 Å². The Labute approximate surface area is 122 Å². The van der Waals surface area contributed by atoms with Crippen molar-refractivity contribution in [1.82, 2.24) is 10.2 Å². The molecule has 0 aromatic rings. The molecular weight excluding hydrogens is 252 g/mol. The second-order valence-electron chi connectivity index (χ2n) is 6.44. The molecule has 114 valence electrons. The van der Waals surface area contributed by atoms with Crippen molar-refractivity contribution in [2.45, 2.75) is 38.6 Å². The Hall–Kier alpha value is -0.870. The molecule has 0 aromatic carbocycles. The number of fused-ring (bicyclic) bond motifs is 2. The van der Waals surface area contributed by atoms with Crippen molar-refractivity contribution in [3.8, 4) is 0 Å². The second kappa shape index (κ2) is 7.23. The van der Waals surface area contributed by atoms with Crippen LogP contribution in [-0.4, -0.2) is 48.2 Å². The first kappa shape index (κ1) is 15.5. The molecule has 0 aliphatic heterocycles. The summed E-state index contributed by atoms with van der Waals surface area (Å²) in [6.07, 6.45) is 7.17. The molecule has 2 fully saturated rings. The van der Waals surface area contributed by atoms with Crippen molar-refractivity contribution in [2.75, 3.05) is 26.2 Å². The predicted molar refractivity (Wildman–Crippen MR) is 80.3 cm³/mol. The van der Waals surface area contributed by atoms with Crippen molar-refractivity contribution in [3.05, 3.63) is 12.7 Å². The molecule has 20 heavy (non-hydrogen) atoms. The van der Waals surface area contributed by atoms with Gasteiger partial charge in [-0.1, -0.05) is 12.5 Å². The van der Waals surface area contributed by atoms with Crippen LogP contribution in [0.15, 0.2) is 12.7 Å². The predicted octanol–water partition coefficient (Wildman–Crippen LogP) is 1.41. The lowest BCUT2D eigenvalue weighted by molar-refractivity contribution is -0.123. The fourth-order valence-corrected chi connectivity index (χ4v) is 4.07. The highest BCUT2D eigenvalue weighted by Crippen LogP contribution is 2.49. The van der Waals surface area contributed by atoms with Crippen LogP contribution in [0.3, 0.4) is 0 Å². The maximum atomic E-state index is 12.1. The highest BCUT2D eigenvalue weighted by atomic mass is 16.3. The number of aliphatic hydroxyl groups excluding tert-OH is 1. The van der Waals surface area contributed by atoms with E-state index < -0.39 is 0 Å². The van der Waals surface area contributed by atoms with Gasteiger partial charge in [-0.2, -0.15) is 0 Å². The Morgan fingerprint density at radius 3 is 2.85 bits per heavy atom. The van der Waals surface area contributed by atoms with E-state index in [1.54, 1.807) is 6.08 Å². The largest absolute Gasteiger partial charge is 0.395 e. The summed E-state index contributed by atoms with van der Waals surface area (Å²) < 4.78 is 0. The van der Waals surface area contributed by atoms with Gasteiger partial charge in [-0.3, -0.25) is 9.69 Å². The molecule has 4 unspecified atom stereocenters.